The van der Waals surface area contributed by atoms with Gasteiger partial charge in [-0.1, -0.05) is 42.8 Å². The molecule has 3 aromatic carbocycles. The van der Waals surface area contributed by atoms with Crippen LogP contribution in [0.3, 0.4) is 0 Å². The Bertz CT molecular complexity index is 1170. The van der Waals surface area contributed by atoms with E-state index in [1.54, 1.807) is 42.5 Å². The van der Waals surface area contributed by atoms with Gasteiger partial charge in [-0.05, 0) is 48.9 Å². The minimum Gasteiger partial charge on any atom is -0.456 e. The molecule has 1 N–H and O–H groups in total. The Morgan fingerprint density at radius 3 is 2.19 bits per heavy atom. The number of hydrogen-bond acceptors (Lipinski definition) is 5. The zero-order valence-electron chi connectivity index (χ0n) is 16.8. The van der Waals surface area contributed by atoms with Gasteiger partial charge in [0, 0.05) is 16.5 Å². The molecule has 1 heterocycles. The fourth-order valence-electron chi connectivity index (χ4n) is 4.51. The number of rotatable bonds is 3. The van der Waals surface area contributed by atoms with Crippen LogP contribution < -0.4 is 4.90 Å². The zero-order chi connectivity index (χ0) is 21.5. The van der Waals surface area contributed by atoms with E-state index in [4.69, 9.17) is 4.74 Å². The summed E-state index contributed by atoms with van der Waals surface area (Å²) in [6.07, 6.45) is 1.66. The smallest absolute Gasteiger partial charge is 0.340 e. The second kappa shape index (κ2) is 7.63. The highest BCUT2D eigenvalue weighted by molar-refractivity contribution is 6.36. The van der Waals surface area contributed by atoms with Crippen LogP contribution in [0, 0.1) is 0 Å². The van der Waals surface area contributed by atoms with E-state index in [0.29, 0.717) is 29.4 Å². The van der Waals surface area contributed by atoms with Gasteiger partial charge in [0.2, 0.25) is 0 Å². The maximum atomic E-state index is 13.3. The minimum atomic E-state index is -0.701. The number of hydrogen-bond donors (Lipinski definition) is 1. The van der Waals surface area contributed by atoms with Crippen molar-refractivity contribution in [3.05, 3.63) is 77.4 Å². The lowest BCUT2D eigenvalue weighted by Crippen LogP contribution is -2.41. The van der Waals surface area contributed by atoms with Gasteiger partial charge in [-0.15, -0.1) is 0 Å². The van der Waals surface area contributed by atoms with Gasteiger partial charge in [0.15, 0.2) is 0 Å². The standard InChI is InChI=1S/C25H21NO5/c27-20-13-3-4-14-21(20)31-25(30)16-9-1-2-12-19(16)26-23(28)17-10-5-7-15-8-6-11-18(22(15)17)24(26)29/h1-2,5-12,20-21,27H,3-4,13-14H2/t20-,21-/m1/s1. The Kier molecular flexibility index (Phi) is 4.79. The van der Waals surface area contributed by atoms with Crippen molar-refractivity contribution < 1.29 is 24.2 Å². The van der Waals surface area contributed by atoms with Crippen LogP contribution in [-0.4, -0.2) is 35.1 Å². The van der Waals surface area contributed by atoms with Crippen molar-refractivity contribution in [1.82, 2.24) is 0 Å². The zero-order valence-corrected chi connectivity index (χ0v) is 16.8. The summed E-state index contributed by atoms with van der Waals surface area (Å²) >= 11 is 0. The van der Waals surface area contributed by atoms with Gasteiger partial charge < -0.3 is 9.84 Å². The van der Waals surface area contributed by atoms with Crippen LogP contribution in [0.2, 0.25) is 0 Å². The van der Waals surface area contributed by atoms with E-state index < -0.39 is 30.0 Å². The number of imide groups is 1. The molecule has 2 aliphatic rings. The Morgan fingerprint density at radius 2 is 1.52 bits per heavy atom. The predicted molar refractivity (Wildman–Crippen MR) is 115 cm³/mol. The Labute approximate surface area is 179 Å². The molecule has 0 spiro atoms. The van der Waals surface area contributed by atoms with E-state index in [9.17, 15) is 19.5 Å². The summed E-state index contributed by atoms with van der Waals surface area (Å²) in [4.78, 5) is 40.7. The number of amides is 2. The number of carbonyl (C=O) groups is 3. The van der Waals surface area contributed by atoms with Crippen molar-refractivity contribution in [2.45, 2.75) is 37.9 Å². The summed E-state index contributed by atoms with van der Waals surface area (Å²) in [5, 5.41) is 11.6. The molecule has 0 radical (unpaired) electrons. The first-order chi connectivity index (χ1) is 15.1. The number of aliphatic hydroxyl groups excluding tert-OH is 1. The molecular weight excluding hydrogens is 394 g/mol. The topological polar surface area (TPSA) is 83.9 Å². The van der Waals surface area contributed by atoms with Crippen molar-refractivity contribution in [3.63, 3.8) is 0 Å². The van der Waals surface area contributed by atoms with Crippen molar-refractivity contribution in [3.8, 4) is 0 Å². The Hall–Kier alpha value is -3.51. The maximum absolute atomic E-state index is 13.3. The van der Waals surface area contributed by atoms with Gasteiger partial charge in [0.25, 0.3) is 11.8 Å². The van der Waals surface area contributed by atoms with Crippen LogP contribution in [0.15, 0.2) is 60.7 Å². The predicted octanol–water partition coefficient (Wildman–Crippen LogP) is 4.10. The number of carbonyl (C=O) groups excluding carboxylic acids is 3. The monoisotopic (exact) mass is 415 g/mol. The number of benzene rings is 3. The lowest BCUT2D eigenvalue weighted by Gasteiger charge is -2.30. The maximum Gasteiger partial charge on any atom is 0.340 e. The van der Waals surface area contributed by atoms with Gasteiger partial charge in [0.05, 0.1) is 17.4 Å². The number of ether oxygens (including phenoxy) is 1. The molecule has 0 unspecified atom stereocenters. The molecular formula is C25H21NO5. The molecule has 31 heavy (non-hydrogen) atoms. The number of aliphatic hydroxyl groups is 1. The molecule has 1 saturated carbocycles. The van der Waals surface area contributed by atoms with Crippen LogP contribution >= 0.6 is 0 Å². The molecule has 0 bridgehead atoms. The second-order valence-corrected chi connectivity index (χ2v) is 7.97. The largest absolute Gasteiger partial charge is 0.456 e. The highest BCUT2D eigenvalue weighted by Crippen LogP contribution is 2.34. The van der Waals surface area contributed by atoms with Crippen LogP contribution in [-0.2, 0) is 4.74 Å². The summed E-state index contributed by atoms with van der Waals surface area (Å²) < 4.78 is 5.58. The minimum absolute atomic E-state index is 0.119. The molecule has 2 atom stereocenters. The first-order valence-electron chi connectivity index (χ1n) is 10.4. The first-order valence-corrected chi connectivity index (χ1v) is 10.4. The molecule has 1 aliphatic carbocycles. The van der Waals surface area contributed by atoms with Crippen molar-refractivity contribution in [2.75, 3.05) is 4.90 Å². The molecule has 6 heteroatoms. The lowest BCUT2D eigenvalue weighted by atomic mass is 9.93. The van der Waals surface area contributed by atoms with Crippen LogP contribution in [0.1, 0.15) is 56.8 Å². The van der Waals surface area contributed by atoms with E-state index in [2.05, 4.69) is 0 Å². The molecule has 3 aromatic rings. The molecule has 156 valence electrons. The van der Waals surface area contributed by atoms with E-state index in [0.717, 1.165) is 23.1 Å². The molecule has 1 fully saturated rings. The fraction of sp³-hybridized carbons (Fsp3) is 0.240. The second-order valence-electron chi connectivity index (χ2n) is 7.97. The summed E-state index contributed by atoms with van der Waals surface area (Å²) in [6, 6.07) is 17.1. The van der Waals surface area contributed by atoms with Crippen molar-refractivity contribution in [1.29, 1.82) is 0 Å². The molecule has 0 saturated heterocycles. The number of anilines is 1. The summed E-state index contributed by atoms with van der Waals surface area (Å²) in [5.41, 5.74) is 1.13. The summed E-state index contributed by atoms with van der Waals surface area (Å²) in [7, 11) is 0. The SMILES string of the molecule is O=C(O[C@@H]1CCCC[C@H]1O)c1ccccc1N1C(=O)c2cccc3cccc(c23)C1=O. The van der Waals surface area contributed by atoms with E-state index >= 15 is 0 Å². The Morgan fingerprint density at radius 1 is 0.871 bits per heavy atom. The normalized spacial score (nSPS) is 20.7. The van der Waals surface area contributed by atoms with Crippen molar-refractivity contribution >= 4 is 34.2 Å². The average Bonchev–Trinajstić information content (AvgIpc) is 2.79. The third kappa shape index (κ3) is 3.20. The summed E-state index contributed by atoms with van der Waals surface area (Å²) in [5.74, 6) is -1.61. The third-order valence-corrected chi connectivity index (χ3v) is 6.06. The van der Waals surface area contributed by atoms with Gasteiger partial charge in [0.1, 0.15) is 6.10 Å². The van der Waals surface area contributed by atoms with Gasteiger partial charge in [-0.2, -0.15) is 0 Å². The van der Waals surface area contributed by atoms with Crippen LogP contribution in [0.4, 0.5) is 5.69 Å². The number of esters is 1. The molecule has 2 amide bonds. The molecule has 1 aliphatic heterocycles. The molecule has 5 rings (SSSR count). The average molecular weight is 415 g/mol. The quantitative estimate of drug-likeness (QED) is 0.514. The number of para-hydroxylation sites is 1. The number of nitrogens with zero attached hydrogens (tertiary/aromatic N) is 1. The van der Waals surface area contributed by atoms with Crippen LogP contribution in [0.25, 0.3) is 10.8 Å². The lowest BCUT2D eigenvalue weighted by molar-refractivity contribution is -0.0360. The van der Waals surface area contributed by atoms with E-state index in [-0.39, 0.29) is 11.3 Å². The van der Waals surface area contributed by atoms with E-state index in [1.807, 2.05) is 12.1 Å². The van der Waals surface area contributed by atoms with Gasteiger partial charge in [-0.3, -0.25) is 9.59 Å². The van der Waals surface area contributed by atoms with Gasteiger partial charge in [-0.25, -0.2) is 9.69 Å². The Balaban J connectivity index is 1.55. The summed E-state index contributed by atoms with van der Waals surface area (Å²) in [6.45, 7) is 0. The molecule has 6 nitrogen and oxygen atoms in total. The third-order valence-electron chi connectivity index (χ3n) is 6.06. The van der Waals surface area contributed by atoms with Gasteiger partial charge >= 0.3 is 5.97 Å². The molecule has 0 aromatic heterocycles. The van der Waals surface area contributed by atoms with Crippen molar-refractivity contribution in [2.24, 2.45) is 0 Å². The van der Waals surface area contributed by atoms with Crippen LogP contribution in [0.5, 0.6) is 0 Å². The first kappa shape index (κ1) is 19.5. The fourth-order valence-corrected chi connectivity index (χ4v) is 4.51. The highest BCUT2D eigenvalue weighted by Gasteiger charge is 2.36. The van der Waals surface area contributed by atoms with E-state index in [1.165, 1.54) is 6.07 Å². The highest BCUT2D eigenvalue weighted by atomic mass is 16.6.